The van der Waals surface area contributed by atoms with E-state index < -0.39 is 10.0 Å². The highest BCUT2D eigenvalue weighted by Gasteiger charge is 2.28. The Kier molecular flexibility index (Phi) is 4.25. The van der Waals surface area contributed by atoms with Crippen molar-refractivity contribution in [2.24, 2.45) is 5.92 Å². The summed E-state index contributed by atoms with van der Waals surface area (Å²) in [6.45, 7) is 1.99. The summed E-state index contributed by atoms with van der Waals surface area (Å²) in [6, 6.07) is 1.47. The van der Waals surface area contributed by atoms with Crippen LogP contribution in [0.25, 0.3) is 0 Å². The molecule has 1 aliphatic carbocycles. The molecule has 0 aliphatic heterocycles. The monoisotopic (exact) mass is 288 g/mol. The van der Waals surface area contributed by atoms with E-state index in [9.17, 15) is 8.42 Å². The molecule has 18 heavy (non-hydrogen) atoms. The van der Waals surface area contributed by atoms with Crippen molar-refractivity contribution in [2.45, 2.75) is 43.5 Å². The van der Waals surface area contributed by atoms with Crippen molar-refractivity contribution in [1.82, 2.24) is 9.71 Å². The minimum Gasteiger partial charge on any atom is -0.263 e. The molecule has 1 aromatic heterocycles. The Morgan fingerprint density at radius 1 is 1.56 bits per heavy atom. The van der Waals surface area contributed by atoms with Gasteiger partial charge in [-0.25, -0.2) is 13.1 Å². The smallest absolute Gasteiger partial charge is 0.243 e. The van der Waals surface area contributed by atoms with E-state index in [1.807, 2.05) is 6.92 Å². The number of rotatable bonds is 6. The van der Waals surface area contributed by atoms with Gasteiger partial charge in [0.05, 0.1) is 5.02 Å². The fraction of sp³-hybridized carbons (Fsp3) is 0.583. The maximum atomic E-state index is 12.2. The summed E-state index contributed by atoms with van der Waals surface area (Å²) in [5.74, 6) is 0.682. The van der Waals surface area contributed by atoms with Gasteiger partial charge in [0.15, 0.2) is 0 Å². The van der Waals surface area contributed by atoms with Crippen LogP contribution in [0.4, 0.5) is 0 Å². The van der Waals surface area contributed by atoms with Gasteiger partial charge in [-0.3, -0.25) is 4.98 Å². The summed E-state index contributed by atoms with van der Waals surface area (Å²) in [5.41, 5.74) is 0. The van der Waals surface area contributed by atoms with E-state index in [4.69, 9.17) is 11.6 Å². The summed E-state index contributed by atoms with van der Waals surface area (Å²) < 4.78 is 27.1. The Morgan fingerprint density at radius 2 is 2.28 bits per heavy atom. The van der Waals surface area contributed by atoms with Crippen molar-refractivity contribution >= 4 is 21.6 Å². The molecule has 0 aromatic carbocycles. The molecule has 2 rings (SSSR count). The molecule has 1 N–H and O–H groups in total. The highest BCUT2D eigenvalue weighted by molar-refractivity contribution is 7.89. The summed E-state index contributed by atoms with van der Waals surface area (Å²) in [6.07, 6.45) is 6.89. The van der Waals surface area contributed by atoms with E-state index in [0.29, 0.717) is 5.92 Å². The minimum absolute atomic E-state index is 0.0150. The molecule has 1 atom stereocenters. The van der Waals surface area contributed by atoms with Gasteiger partial charge in [0.1, 0.15) is 4.90 Å². The number of hydrogen-bond acceptors (Lipinski definition) is 3. The quantitative estimate of drug-likeness (QED) is 0.875. The normalized spacial score (nSPS) is 17.7. The van der Waals surface area contributed by atoms with Crippen LogP contribution in [0.15, 0.2) is 23.4 Å². The second-order valence-electron chi connectivity index (χ2n) is 4.71. The van der Waals surface area contributed by atoms with Crippen molar-refractivity contribution in [3.63, 3.8) is 0 Å². The molecular weight excluding hydrogens is 272 g/mol. The largest absolute Gasteiger partial charge is 0.263 e. The first kappa shape index (κ1) is 13.8. The predicted molar refractivity (Wildman–Crippen MR) is 71.0 cm³/mol. The number of halogens is 1. The fourth-order valence-electron chi connectivity index (χ4n) is 1.90. The van der Waals surface area contributed by atoms with Gasteiger partial charge in [0.25, 0.3) is 0 Å². The van der Waals surface area contributed by atoms with Crippen LogP contribution in [0.5, 0.6) is 0 Å². The fourth-order valence-corrected chi connectivity index (χ4v) is 3.66. The lowest BCUT2D eigenvalue weighted by molar-refractivity contribution is 0.495. The van der Waals surface area contributed by atoms with E-state index in [-0.39, 0.29) is 16.0 Å². The molecule has 1 saturated carbocycles. The van der Waals surface area contributed by atoms with Crippen LogP contribution in [0, 0.1) is 5.92 Å². The predicted octanol–water partition coefficient (Wildman–Crippen LogP) is 2.59. The van der Waals surface area contributed by atoms with E-state index >= 15 is 0 Å². The van der Waals surface area contributed by atoms with Crippen LogP contribution >= 0.6 is 11.6 Å². The highest BCUT2D eigenvalue weighted by atomic mass is 35.5. The van der Waals surface area contributed by atoms with Gasteiger partial charge in [-0.15, -0.1) is 0 Å². The Morgan fingerprint density at radius 3 is 2.83 bits per heavy atom. The summed E-state index contributed by atoms with van der Waals surface area (Å²) >= 11 is 5.89. The topological polar surface area (TPSA) is 59.1 Å². The van der Waals surface area contributed by atoms with E-state index in [1.54, 1.807) is 0 Å². The van der Waals surface area contributed by atoms with E-state index in [1.165, 1.54) is 31.3 Å². The van der Waals surface area contributed by atoms with Gasteiger partial charge >= 0.3 is 0 Å². The zero-order chi connectivity index (χ0) is 13.2. The molecule has 1 unspecified atom stereocenters. The van der Waals surface area contributed by atoms with Gasteiger partial charge in [-0.2, -0.15) is 0 Å². The van der Waals surface area contributed by atoms with E-state index in [0.717, 1.165) is 12.8 Å². The molecule has 100 valence electrons. The molecule has 0 saturated heterocycles. The molecule has 1 aromatic rings. The number of nitrogens with zero attached hydrogens (tertiary/aromatic N) is 1. The highest BCUT2D eigenvalue weighted by Crippen LogP contribution is 2.34. The molecule has 0 spiro atoms. The Labute approximate surface area is 113 Å². The molecule has 6 heteroatoms. The third-order valence-corrected chi connectivity index (χ3v) is 5.14. The van der Waals surface area contributed by atoms with Crippen LogP contribution in [0.3, 0.4) is 0 Å². The van der Waals surface area contributed by atoms with Crippen molar-refractivity contribution in [1.29, 1.82) is 0 Å². The Balaban J connectivity index is 2.12. The van der Waals surface area contributed by atoms with Crippen LogP contribution in [0.2, 0.25) is 5.02 Å². The van der Waals surface area contributed by atoms with Crippen molar-refractivity contribution in [3.05, 3.63) is 23.5 Å². The number of nitrogens with one attached hydrogen (secondary N) is 1. The van der Waals surface area contributed by atoms with Gasteiger partial charge in [-0.1, -0.05) is 31.4 Å². The average Bonchev–Trinajstić information content (AvgIpc) is 3.12. The van der Waals surface area contributed by atoms with Crippen LogP contribution in [-0.4, -0.2) is 19.4 Å². The van der Waals surface area contributed by atoms with Crippen molar-refractivity contribution < 1.29 is 8.42 Å². The standard InChI is InChI=1S/C12H17ClN2O2S/c1-2-10(7-9-3-4-9)15-18(16,17)12-8-14-6-5-11(12)13/h5-6,8-10,15H,2-4,7H2,1H3. The SMILES string of the molecule is CCC(CC1CC1)NS(=O)(=O)c1cnccc1Cl. The Hall–Kier alpha value is -0.650. The van der Waals surface area contributed by atoms with Gasteiger partial charge in [0.2, 0.25) is 10.0 Å². The third kappa shape index (κ3) is 3.43. The number of sulfonamides is 1. The van der Waals surface area contributed by atoms with Crippen LogP contribution in [0.1, 0.15) is 32.6 Å². The zero-order valence-corrected chi connectivity index (χ0v) is 11.8. The maximum Gasteiger partial charge on any atom is 0.243 e. The second-order valence-corrected chi connectivity index (χ2v) is 6.80. The van der Waals surface area contributed by atoms with Gasteiger partial charge in [0, 0.05) is 18.4 Å². The van der Waals surface area contributed by atoms with Crippen molar-refractivity contribution in [3.8, 4) is 0 Å². The number of pyridine rings is 1. The molecule has 4 nitrogen and oxygen atoms in total. The first-order chi connectivity index (χ1) is 8.53. The first-order valence-corrected chi connectivity index (χ1v) is 8.01. The molecule has 0 amide bonds. The molecular formula is C12H17ClN2O2S. The molecule has 0 bridgehead atoms. The molecule has 1 fully saturated rings. The lowest BCUT2D eigenvalue weighted by Crippen LogP contribution is -2.35. The Bertz CT molecular complexity index is 515. The van der Waals surface area contributed by atoms with Crippen molar-refractivity contribution in [2.75, 3.05) is 0 Å². The molecule has 1 aliphatic rings. The summed E-state index contributed by atoms with van der Waals surface area (Å²) in [4.78, 5) is 3.87. The number of hydrogen-bond donors (Lipinski definition) is 1. The number of aromatic nitrogens is 1. The van der Waals surface area contributed by atoms with Gasteiger partial charge in [-0.05, 0) is 24.8 Å². The van der Waals surface area contributed by atoms with Crippen LogP contribution < -0.4 is 4.72 Å². The third-order valence-electron chi connectivity index (χ3n) is 3.15. The summed E-state index contributed by atoms with van der Waals surface area (Å²) in [5, 5.41) is 0.207. The zero-order valence-electron chi connectivity index (χ0n) is 10.3. The van der Waals surface area contributed by atoms with Crippen LogP contribution in [-0.2, 0) is 10.0 Å². The minimum atomic E-state index is -3.56. The average molecular weight is 289 g/mol. The van der Waals surface area contributed by atoms with E-state index in [2.05, 4.69) is 9.71 Å². The summed E-state index contributed by atoms with van der Waals surface area (Å²) in [7, 11) is -3.56. The van der Waals surface area contributed by atoms with Gasteiger partial charge < -0.3 is 0 Å². The lowest BCUT2D eigenvalue weighted by atomic mass is 10.1. The molecule has 1 heterocycles. The molecule has 0 radical (unpaired) electrons. The maximum absolute atomic E-state index is 12.2. The second kappa shape index (κ2) is 5.55. The first-order valence-electron chi connectivity index (χ1n) is 6.14. The lowest BCUT2D eigenvalue weighted by Gasteiger charge is -2.17.